The van der Waals surface area contributed by atoms with E-state index in [0.717, 1.165) is 0 Å². The van der Waals surface area contributed by atoms with Gasteiger partial charge in [0.25, 0.3) is 0 Å². The van der Waals surface area contributed by atoms with Crippen molar-refractivity contribution in [1.29, 1.82) is 0 Å². The summed E-state index contributed by atoms with van der Waals surface area (Å²) in [5.41, 5.74) is 1.43. The summed E-state index contributed by atoms with van der Waals surface area (Å²) in [6, 6.07) is 11.5. The van der Waals surface area contributed by atoms with E-state index < -0.39 is 0 Å². The Kier molecular flexibility index (Phi) is 3.00. The summed E-state index contributed by atoms with van der Waals surface area (Å²) in [5.74, 6) is -0.716. The van der Waals surface area contributed by atoms with Crippen molar-refractivity contribution in [2.45, 2.75) is 13.3 Å². The van der Waals surface area contributed by atoms with Crippen LogP contribution in [0.5, 0.6) is 0 Å². The van der Waals surface area contributed by atoms with Crippen LogP contribution in [0.25, 0.3) is 11.1 Å². The fourth-order valence-corrected chi connectivity index (χ4v) is 1.70. The van der Waals surface area contributed by atoms with E-state index in [4.69, 9.17) is 0 Å². The minimum absolute atomic E-state index is 0.315. The van der Waals surface area contributed by atoms with Crippen LogP contribution in [0.15, 0.2) is 42.5 Å². The van der Waals surface area contributed by atoms with Gasteiger partial charge in [0.15, 0.2) is 0 Å². The number of rotatable bonds is 2. The topological polar surface area (TPSA) is 0 Å². The summed E-state index contributed by atoms with van der Waals surface area (Å²) in [7, 11) is 0. The molecule has 82 valence electrons. The van der Waals surface area contributed by atoms with Crippen molar-refractivity contribution in [3.05, 3.63) is 59.7 Å². The molecule has 0 fully saturated rings. The zero-order valence-electron chi connectivity index (χ0n) is 9.00. The largest absolute Gasteiger partial charge is 0.207 e. The Hall–Kier alpha value is -1.70. The van der Waals surface area contributed by atoms with E-state index in [0.29, 0.717) is 23.1 Å². The Balaban J connectivity index is 2.55. The van der Waals surface area contributed by atoms with Gasteiger partial charge in [0.1, 0.15) is 11.6 Å². The number of benzene rings is 2. The average molecular weight is 218 g/mol. The second-order valence-corrected chi connectivity index (χ2v) is 3.64. The lowest BCUT2D eigenvalue weighted by atomic mass is 10.0. The van der Waals surface area contributed by atoms with Gasteiger partial charge in [0.2, 0.25) is 0 Å². The quantitative estimate of drug-likeness (QED) is 0.708. The minimum Gasteiger partial charge on any atom is -0.207 e. The Bertz CT molecular complexity index is 490. The molecule has 0 aromatic heterocycles. The Morgan fingerprint density at radius 3 is 2.25 bits per heavy atom. The molecule has 0 nitrogen and oxygen atoms in total. The standard InChI is InChI=1S/C14H12F2/c1-2-10-8-14(16)12(9-13(10)15)11-6-4-3-5-7-11/h3-9H,2H2,1H3. The predicted molar refractivity (Wildman–Crippen MR) is 61.2 cm³/mol. The third kappa shape index (κ3) is 1.96. The Morgan fingerprint density at radius 2 is 1.62 bits per heavy atom. The van der Waals surface area contributed by atoms with Crippen LogP contribution in [0.2, 0.25) is 0 Å². The number of halogens is 2. The third-order valence-electron chi connectivity index (χ3n) is 2.60. The van der Waals surface area contributed by atoms with Gasteiger partial charge in [-0.25, -0.2) is 8.78 Å². The highest BCUT2D eigenvalue weighted by molar-refractivity contribution is 5.64. The smallest absolute Gasteiger partial charge is 0.131 e. The molecular formula is C14H12F2. The lowest BCUT2D eigenvalue weighted by Gasteiger charge is -2.06. The fraction of sp³-hybridized carbons (Fsp3) is 0.143. The molecule has 0 atom stereocenters. The van der Waals surface area contributed by atoms with Crippen molar-refractivity contribution < 1.29 is 8.78 Å². The zero-order valence-corrected chi connectivity index (χ0v) is 9.00. The lowest BCUT2D eigenvalue weighted by molar-refractivity contribution is 0.590. The normalized spacial score (nSPS) is 10.4. The van der Waals surface area contributed by atoms with Crippen molar-refractivity contribution in [3.8, 4) is 11.1 Å². The Labute approximate surface area is 93.5 Å². The molecule has 0 saturated heterocycles. The zero-order chi connectivity index (χ0) is 11.5. The predicted octanol–water partition coefficient (Wildman–Crippen LogP) is 4.19. The first-order valence-electron chi connectivity index (χ1n) is 5.25. The van der Waals surface area contributed by atoms with Gasteiger partial charge in [0, 0.05) is 5.56 Å². The molecule has 0 spiro atoms. The molecule has 0 radical (unpaired) electrons. The van der Waals surface area contributed by atoms with Crippen molar-refractivity contribution in [1.82, 2.24) is 0 Å². The maximum absolute atomic E-state index is 13.7. The maximum Gasteiger partial charge on any atom is 0.131 e. The van der Waals surface area contributed by atoms with Crippen molar-refractivity contribution >= 4 is 0 Å². The summed E-state index contributed by atoms with van der Waals surface area (Å²) in [6.45, 7) is 1.81. The van der Waals surface area contributed by atoms with E-state index in [9.17, 15) is 8.78 Å². The van der Waals surface area contributed by atoms with Crippen LogP contribution in [0.4, 0.5) is 8.78 Å². The van der Waals surface area contributed by atoms with Crippen LogP contribution < -0.4 is 0 Å². The van der Waals surface area contributed by atoms with Crippen molar-refractivity contribution in [2.24, 2.45) is 0 Å². The molecule has 0 aliphatic heterocycles. The van der Waals surface area contributed by atoms with Crippen LogP contribution in [0.1, 0.15) is 12.5 Å². The molecule has 0 aliphatic rings. The van der Waals surface area contributed by atoms with Crippen LogP contribution in [0, 0.1) is 11.6 Å². The van der Waals surface area contributed by atoms with E-state index in [-0.39, 0.29) is 11.6 Å². The summed E-state index contributed by atoms with van der Waals surface area (Å²) in [5, 5.41) is 0. The van der Waals surface area contributed by atoms with E-state index in [1.54, 1.807) is 31.2 Å². The highest BCUT2D eigenvalue weighted by Gasteiger charge is 2.09. The molecule has 2 rings (SSSR count). The van der Waals surface area contributed by atoms with Gasteiger partial charge in [-0.2, -0.15) is 0 Å². The van der Waals surface area contributed by atoms with Gasteiger partial charge in [-0.3, -0.25) is 0 Å². The van der Waals surface area contributed by atoms with Crippen molar-refractivity contribution in [2.75, 3.05) is 0 Å². The Morgan fingerprint density at radius 1 is 0.938 bits per heavy atom. The molecule has 2 aromatic rings. The molecule has 0 saturated carbocycles. The SMILES string of the molecule is CCc1cc(F)c(-c2ccccc2)cc1F. The van der Waals surface area contributed by atoms with Crippen LogP contribution >= 0.6 is 0 Å². The summed E-state index contributed by atoms with van der Waals surface area (Å²) in [4.78, 5) is 0. The molecule has 0 unspecified atom stereocenters. The van der Waals surface area contributed by atoms with Gasteiger partial charge in [-0.15, -0.1) is 0 Å². The van der Waals surface area contributed by atoms with Crippen LogP contribution in [-0.4, -0.2) is 0 Å². The molecule has 0 N–H and O–H groups in total. The second kappa shape index (κ2) is 4.44. The first-order valence-corrected chi connectivity index (χ1v) is 5.25. The van der Waals surface area contributed by atoms with Gasteiger partial charge in [-0.05, 0) is 29.7 Å². The van der Waals surface area contributed by atoms with E-state index in [2.05, 4.69) is 0 Å². The number of aryl methyl sites for hydroxylation is 1. The molecule has 16 heavy (non-hydrogen) atoms. The summed E-state index contributed by atoms with van der Waals surface area (Å²) >= 11 is 0. The minimum atomic E-state index is -0.371. The molecule has 2 aromatic carbocycles. The fourth-order valence-electron chi connectivity index (χ4n) is 1.70. The summed E-state index contributed by atoms with van der Waals surface area (Å²) in [6.07, 6.45) is 0.498. The second-order valence-electron chi connectivity index (χ2n) is 3.64. The van der Waals surface area contributed by atoms with Gasteiger partial charge in [0.05, 0.1) is 0 Å². The first-order chi connectivity index (χ1) is 7.72. The molecule has 2 heteroatoms. The van der Waals surface area contributed by atoms with E-state index in [1.807, 2.05) is 6.07 Å². The van der Waals surface area contributed by atoms with Gasteiger partial charge in [-0.1, -0.05) is 37.3 Å². The van der Waals surface area contributed by atoms with E-state index in [1.165, 1.54) is 12.1 Å². The molecule has 0 bridgehead atoms. The highest BCUT2D eigenvalue weighted by atomic mass is 19.1. The monoisotopic (exact) mass is 218 g/mol. The number of hydrogen-bond acceptors (Lipinski definition) is 0. The first kappa shape index (κ1) is 10.8. The van der Waals surface area contributed by atoms with E-state index >= 15 is 0 Å². The van der Waals surface area contributed by atoms with Crippen molar-refractivity contribution in [3.63, 3.8) is 0 Å². The molecule has 0 heterocycles. The molecule has 0 amide bonds. The molecule has 0 aliphatic carbocycles. The van der Waals surface area contributed by atoms with Gasteiger partial charge >= 0.3 is 0 Å². The number of hydrogen-bond donors (Lipinski definition) is 0. The van der Waals surface area contributed by atoms with Crippen LogP contribution in [0.3, 0.4) is 0 Å². The summed E-state index contributed by atoms with van der Waals surface area (Å²) < 4.78 is 27.3. The third-order valence-corrected chi connectivity index (χ3v) is 2.60. The highest BCUT2D eigenvalue weighted by Crippen LogP contribution is 2.25. The van der Waals surface area contributed by atoms with Crippen LogP contribution in [-0.2, 0) is 6.42 Å². The lowest BCUT2D eigenvalue weighted by Crippen LogP contribution is -1.93. The van der Waals surface area contributed by atoms with Gasteiger partial charge < -0.3 is 0 Å². The maximum atomic E-state index is 13.7. The molecular weight excluding hydrogens is 206 g/mol. The average Bonchev–Trinajstić information content (AvgIpc) is 2.32.